The predicted octanol–water partition coefficient (Wildman–Crippen LogP) is 0.690. The Morgan fingerprint density at radius 2 is 2.09 bits per heavy atom. The number of amides is 1. The largest absolute Gasteiger partial charge is 0.467 e. The molecule has 1 amide bonds. The Labute approximate surface area is 133 Å². The number of rotatable bonds is 7. The van der Waals surface area contributed by atoms with E-state index in [1.54, 1.807) is 0 Å². The van der Waals surface area contributed by atoms with Gasteiger partial charge in [-0.3, -0.25) is 4.79 Å². The van der Waals surface area contributed by atoms with Gasteiger partial charge in [-0.1, -0.05) is 30.3 Å². The third-order valence-electron chi connectivity index (χ3n) is 3.22. The molecule has 2 rings (SSSR count). The number of nitrogens with zero attached hydrogens (tertiary/aromatic N) is 1. The zero-order chi connectivity index (χ0) is 16.7. The lowest BCUT2D eigenvalue weighted by atomic mass is 10.1. The van der Waals surface area contributed by atoms with E-state index >= 15 is 0 Å². The molecule has 0 fully saturated rings. The molecule has 7 heteroatoms. The molecule has 2 aromatic rings. The molecule has 122 valence electrons. The van der Waals surface area contributed by atoms with Gasteiger partial charge in [0, 0.05) is 19.4 Å². The molecule has 0 aliphatic heterocycles. The van der Waals surface area contributed by atoms with E-state index in [0.717, 1.165) is 5.56 Å². The van der Waals surface area contributed by atoms with Gasteiger partial charge in [0.1, 0.15) is 12.3 Å². The SMILES string of the molecule is COC(=O)C(Cc1ccccc1)NC(=O)c1coc(CCN)n1. The molecule has 1 atom stereocenters. The Bertz CT molecular complexity index is 654. The summed E-state index contributed by atoms with van der Waals surface area (Å²) in [5, 5.41) is 2.62. The summed E-state index contributed by atoms with van der Waals surface area (Å²) in [7, 11) is 1.28. The van der Waals surface area contributed by atoms with Crippen LogP contribution in [0.3, 0.4) is 0 Å². The van der Waals surface area contributed by atoms with Crippen LogP contribution in [0, 0.1) is 0 Å². The maximum atomic E-state index is 12.2. The molecule has 1 aromatic carbocycles. The molecule has 7 nitrogen and oxygen atoms in total. The quantitative estimate of drug-likeness (QED) is 0.728. The molecule has 0 aliphatic rings. The van der Waals surface area contributed by atoms with Crippen LogP contribution in [-0.2, 0) is 22.4 Å². The monoisotopic (exact) mass is 317 g/mol. The summed E-state index contributed by atoms with van der Waals surface area (Å²) >= 11 is 0. The van der Waals surface area contributed by atoms with Gasteiger partial charge in [0.15, 0.2) is 11.6 Å². The highest BCUT2D eigenvalue weighted by atomic mass is 16.5. The van der Waals surface area contributed by atoms with Gasteiger partial charge in [-0.15, -0.1) is 0 Å². The first-order valence-electron chi connectivity index (χ1n) is 7.21. The van der Waals surface area contributed by atoms with Crippen LogP contribution in [0.15, 0.2) is 41.0 Å². The van der Waals surface area contributed by atoms with E-state index < -0.39 is 17.9 Å². The van der Waals surface area contributed by atoms with E-state index in [-0.39, 0.29) is 5.69 Å². The predicted molar refractivity (Wildman–Crippen MR) is 82.7 cm³/mol. The molecular formula is C16H19N3O4. The lowest BCUT2D eigenvalue weighted by Gasteiger charge is -2.15. The third kappa shape index (κ3) is 4.65. The number of hydrogen-bond acceptors (Lipinski definition) is 6. The fourth-order valence-corrected chi connectivity index (χ4v) is 2.07. The third-order valence-corrected chi connectivity index (χ3v) is 3.22. The normalized spacial score (nSPS) is 11.7. The second-order valence-corrected chi connectivity index (χ2v) is 4.90. The number of carbonyl (C=O) groups is 2. The molecule has 0 radical (unpaired) electrons. The number of benzene rings is 1. The van der Waals surface area contributed by atoms with Crippen LogP contribution < -0.4 is 11.1 Å². The number of ether oxygens (including phenoxy) is 1. The Morgan fingerprint density at radius 1 is 1.35 bits per heavy atom. The highest BCUT2D eigenvalue weighted by Gasteiger charge is 2.24. The number of methoxy groups -OCH3 is 1. The zero-order valence-corrected chi connectivity index (χ0v) is 12.8. The minimum Gasteiger partial charge on any atom is -0.467 e. The minimum absolute atomic E-state index is 0.107. The summed E-state index contributed by atoms with van der Waals surface area (Å²) in [6.45, 7) is 0.375. The highest BCUT2D eigenvalue weighted by molar-refractivity contribution is 5.95. The van der Waals surface area contributed by atoms with Crippen molar-refractivity contribution in [2.24, 2.45) is 5.73 Å². The van der Waals surface area contributed by atoms with Crippen molar-refractivity contribution in [3.8, 4) is 0 Å². The number of aromatic nitrogens is 1. The van der Waals surface area contributed by atoms with Crippen LogP contribution >= 0.6 is 0 Å². The van der Waals surface area contributed by atoms with Crippen molar-refractivity contribution in [2.75, 3.05) is 13.7 Å². The summed E-state index contributed by atoms with van der Waals surface area (Å²) < 4.78 is 9.90. The molecule has 0 saturated carbocycles. The molecule has 1 aromatic heterocycles. The van der Waals surface area contributed by atoms with E-state index in [0.29, 0.717) is 25.3 Å². The molecule has 3 N–H and O–H groups in total. The van der Waals surface area contributed by atoms with Crippen LogP contribution in [0.25, 0.3) is 0 Å². The van der Waals surface area contributed by atoms with Crippen molar-refractivity contribution in [2.45, 2.75) is 18.9 Å². The fraction of sp³-hybridized carbons (Fsp3) is 0.312. The Morgan fingerprint density at radius 3 is 2.74 bits per heavy atom. The second kappa shape index (κ2) is 8.09. The Kier molecular flexibility index (Phi) is 5.87. The molecule has 0 bridgehead atoms. The van der Waals surface area contributed by atoms with Crippen LogP contribution in [0.2, 0.25) is 0 Å². The summed E-state index contributed by atoms with van der Waals surface area (Å²) in [6, 6.07) is 8.55. The van der Waals surface area contributed by atoms with E-state index in [2.05, 4.69) is 10.3 Å². The highest BCUT2D eigenvalue weighted by Crippen LogP contribution is 2.07. The molecule has 0 saturated heterocycles. The van der Waals surface area contributed by atoms with Crippen molar-refractivity contribution in [1.82, 2.24) is 10.3 Å². The minimum atomic E-state index is -0.801. The van der Waals surface area contributed by atoms with Crippen LogP contribution in [-0.4, -0.2) is 36.6 Å². The number of carbonyl (C=O) groups excluding carboxylic acids is 2. The van der Waals surface area contributed by atoms with Crippen LogP contribution in [0.5, 0.6) is 0 Å². The van der Waals surface area contributed by atoms with Gasteiger partial charge in [0.05, 0.1) is 7.11 Å². The van der Waals surface area contributed by atoms with E-state index in [1.165, 1.54) is 13.4 Å². The first-order chi connectivity index (χ1) is 11.1. The Balaban J connectivity index is 2.07. The van der Waals surface area contributed by atoms with E-state index in [9.17, 15) is 9.59 Å². The summed E-state index contributed by atoms with van der Waals surface area (Å²) in [5.74, 6) is -0.633. The lowest BCUT2D eigenvalue weighted by molar-refractivity contribution is -0.142. The van der Waals surface area contributed by atoms with Gasteiger partial charge in [-0.2, -0.15) is 0 Å². The van der Waals surface area contributed by atoms with Crippen molar-refractivity contribution >= 4 is 11.9 Å². The average molecular weight is 317 g/mol. The molecular weight excluding hydrogens is 298 g/mol. The molecule has 23 heavy (non-hydrogen) atoms. The van der Waals surface area contributed by atoms with Gasteiger partial charge in [-0.05, 0) is 5.56 Å². The van der Waals surface area contributed by atoms with Crippen molar-refractivity contribution in [3.05, 3.63) is 53.7 Å². The van der Waals surface area contributed by atoms with Crippen molar-refractivity contribution in [1.29, 1.82) is 0 Å². The topological polar surface area (TPSA) is 107 Å². The van der Waals surface area contributed by atoms with Gasteiger partial charge in [0.2, 0.25) is 0 Å². The average Bonchev–Trinajstić information content (AvgIpc) is 3.03. The summed E-state index contributed by atoms with van der Waals surface area (Å²) in [6.07, 6.45) is 2.02. The standard InChI is InChI=1S/C16H19N3O4/c1-22-16(21)12(9-11-5-3-2-4-6-11)19-15(20)13-10-23-14(18-13)7-8-17/h2-6,10,12H,7-9,17H2,1H3,(H,19,20). The molecule has 1 unspecified atom stereocenters. The van der Waals surface area contributed by atoms with Gasteiger partial charge in [-0.25, -0.2) is 9.78 Å². The van der Waals surface area contributed by atoms with Crippen LogP contribution in [0.4, 0.5) is 0 Å². The van der Waals surface area contributed by atoms with Gasteiger partial charge >= 0.3 is 5.97 Å². The Hall–Kier alpha value is -2.67. The summed E-state index contributed by atoms with van der Waals surface area (Å²) in [4.78, 5) is 28.1. The molecule has 0 aliphatic carbocycles. The number of nitrogens with two attached hydrogens (primary N) is 1. The molecule has 0 spiro atoms. The lowest BCUT2D eigenvalue weighted by Crippen LogP contribution is -2.43. The van der Waals surface area contributed by atoms with Crippen molar-refractivity contribution < 1.29 is 18.7 Å². The van der Waals surface area contributed by atoms with E-state index in [4.69, 9.17) is 14.9 Å². The summed E-state index contributed by atoms with van der Waals surface area (Å²) in [5.41, 5.74) is 6.42. The second-order valence-electron chi connectivity index (χ2n) is 4.90. The van der Waals surface area contributed by atoms with Gasteiger partial charge < -0.3 is 20.2 Å². The fourth-order valence-electron chi connectivity index (χ4n) is 2.07. The van der Waals surface area contributed by atoms with Crippen LogP contribution in [0.1, 0.15) is 21.9 Å². The maximum Gasteiger partial charge on any atom is 0.328 e. The first-order valence-corrected chi connectivity index (χ1v) is 7.21. The number of hydrogen-bond donors (Lipinski definition) is 2. The first kappa shape index (κ1) is 16.7. The number of esters is 1. The van der Waals surface area contributed by atoms with E-state index in [1.807, 2.05) is 30.3 Å². The number of nitrogens with one attached hydrogen (secondary N) is 1. The molecule has 1 heterocycles. The maximum absolute atomic E-state index is 12.2. The number of oxazole rings is 1. The zero-order valence-electron chi connectivity index (χ0n) is 12.8. The van der Waals surface area contributed by atoms with Crippen molar-refractivity contribution in [3.63, 3.8) is 0 Å². The van der Waals surface area contributed by atoms with Gasteiger partial charge in [0.25, 0.3) is 5.91 Å². The smallest absolute Gasteiger partial charge is 0.328 e.